The summed E-state index contributed by atoms with van der Waals surface area (Å²) in [5.41, 5.74) is 1.29. The lowest BCUT2D eigenvalue weighted by Crippen LogP contribution is -1.97. The van der Waals surface area contributed by atoms with Gasteiger partial charge in [0.2, 0.25) is 0 Å². The third kappa shape index (κ3) is 2.54. The van der Waals surface area contributed by atoms with Gasteiger partial charge in [-0.2, -0.15) is 11.3 Å². The molecule has 0 unspecified atom stereocenters. The molecule has 0 aliphatic heterocycles. The summed E-state index contributed by atoms with van der Waals surface area (Å²) < 4.78 is 4.97. The first-order valence-corrected chi connectivity index (χ1v) is 5.76. The van der Waals surface area contributed by atoms with Crippen LogP contribution in [-0.4, -0.2) is 12.0 Å². The monoisotopic (exact) mass is 250 g/mol. The van der Waals surface area contributed by atoms with Crippen LogP contribution in [-0.2, 0) is 0 Å². The standard InChI is InChI=1S/C11H10N2O3S/c1-16-9-2-3-10(11(6-9)13(14)15)12-8-4-5-17-7-8/h2-7,12H,1H3. The van der Waals surface area contributed by atoms with Crippen LogP contribution in [0.1, 0.15) is 0 Å². The van der Waals surface area contributed by atoms with Crippen molar-refractivity contribution in [3.8, 4) is 5.75 Å². The molecule has 0 saturated carbocycles. The fourth-order valence-electron chi connectivity index (χ4n) is 1.39. The van der Waals surface area contributed by atoms with Gasteiger partial charge in [0, 0.05) is 11.1 Å². The number of ether oxygens (including phenoxy) is 1. The zero-order valence-corrected chi connectivity index (χ0v) is 9.86. The van der Waals surface area contributed by atoms with E-state index in [1.807, 2.05) is 16.8 Å². The van der Waals surface area contributed by atoms with Crippen molar-refractivity contribution in [2.24, 2.45) is 0 Å². The number of rotatable bonds is 4. The summed E-state index contributed by atoms with van der Waals surface area (Å²) >= 11 is 1.52. The highest BCUT2D eigenvalue weighted by molar-refractivity contribution is 7.08. The minimum atomic E-state index is -0.433. The van der Waals surface area contributed by atoms with Crippen LogP contribution in [0.4, 0.5) is 17.1 Å². The maximum atomic E-state index is 10.9. The molecule has 17 heavy (non-hydrogen) atoms. The van der Waals surface area contributed by atoms with Gasteiger partial charge in [-0.1, -0.05) is 0 Å². The molecule has 88 valence electrons. The third-order valence-corrected chi connectivity index (χ3v) is 2.89. The Labute approximate surface area is 102 Å². The van der Waals surface area contributed by atoms with E-state index >= 15 is 0 Å². The van der Waals surface area contributed by atoms with Gasteiger partial charge in [0.1, 0.15) is 11.4 Å². The van der Waals surface area contributed by atoms with E-state index in [9.17, 15) is 10.1 Å². The predicted molar refractivity (Wildman–Crippen MR) is 67.3 cm³/mol. The van der Waals surface area contributed by atoms with Crippen molar-refractivity contribution in [2.45, 2.75) is 0 Å². The Morgan fingerprint density at radius 3 is 2.82 bits per heavy atom. The normalized spacial score (nSPS) is 9.94. The number of nitro benzene ring substituents is 1. The topological polar surface area (TPSA) is 64.4 Å². The number of benzene rings is 1. The Balaban J connectivity index is 2.36. The molecular weight excluding hydrogens is 240 g/mol. The summed E-state index contributed by atoms with van der Waals surface area (Å²) in [6.07, 6.45) is 0. The van der Waals surface area contributed by atoms with Crippen LogP contribution in [0, 0.1) is 10.1 Å². The van der Waals surface area contributed by atoms with Crippen molar-refractivity contribution in [3.05, 3.63) is 45.1 Å². The number of nitro groups is 1. The highest BCUT2D eigenvalue weighted by Crippen LogP contribution is 2.31. The van der Waals surface area contributed by atoms with Gasteiger partial charge in [0.05, 0.1) is 18.1 Å². The van der Waals surface area contributed by atoms with Crippen LogP contribution in [0.5, 0.6) is 5.75 Å². The van der Waals surface area contributed by atoms with Gasteiger partial charge in [0.25, 0.3) is 5.69 Å². The molecule has 1 aromatic carbocycles. The number of thiophene rings is 1. The molecule has 1 heterocycles. The van der Waals surface area contributed by atoms with Gasteiger partial charge in [-0.3, -0.25) is 10.1 Å². The van der Waals surface area contributed by atoms with Crippen LogP contribution in [0.3, 0.4) is 0 Å². The van der Waals surface area contributed by atoms with Crippen molar-refractivity contribution in [2.75, 3.05) is 12.4 Å². The van der Waals surface area contributed by atoms with E-state index < -0.39 is 4.92 Å². The van der Waals surface area contributed by atoms with Crippen LogP contribution >= 0.6 is 11.3 Å². The maximum absolute atomic E-state index is 10.9. The van der Waals surface area contributed by atoms with Crippen molar-refractivity contribution in [3.63, 3.8) is 0 Å². The van der Waals surface area contributed by atoms with Crippen LogP contribution in [0.2, 0.25) is 0 Å². The summed E-state index contributed by atoms with van der Waals surface area (Å²) in [6.45, 7) is 0. The minimum absolute atomic E-state index is 0.00412. The lowest BCUT2D eigenvalue weighted by Gasteiger charge is -2.06. The highest BCUT2D eigenvalue weighted by Gasteiger charge is 2.15. The maximum Gasteiger partial charge on any atom is 0.296 e. The molecule has 0 spiro atoms. The number of methoxy groups -OCH3 is 1. The molecular formula is C11H10N2O3S. The molecule has 2 aromatic rings. The first-order chi connectivity index (χ1) is 8.20. The van der Waals surface area contributed by atoms with E-state index in [0.717, 1.165) is 5.69 Å². The molecule has 1 aromatic heterocycles. The molecule has 6 heteroatoms. The molecule has 2 rings (SSSR count). The Bertz CT molecular complexity index is 526. The molecule has 0 amide bonds. The number of hydrogen-bond donors (Lipinski definition) is 1. The average molecular weight is 250 g/mol. The SMILES string of the molecule is COc1ccc(Nc2ccsc2)c([N+](=O)[O-])c1. The van der Waals surface area contributed by atoms with Crippen LogP contribution < -0.4 is 10.1 Å². The van der Waals surface area contributed by atoms with Gasteiger partial charge in [-0.25, -0.2) is 0 Å². The van der Waals surface area contributed by atoms with Gasteiger partial charge < -0.3 is 10.1 Å². The number of anilines is 2. The van der Waals surface area contributed by atoms with Crippen LogP contribution in [0.15, 0.2) is 35.0 Å². The van der Waals surface area contributed by atoms with Gasteiger partial charge in [-0.15, -0.1) is 0 Å². The van der Waals surface area contributed by atoms with Gasteiger partial charge in [-0.05, 0) is 23.6 Å². The van der Waals surface area contributed by atoms with Gasteiger partial charge in [0.15, 0.2) is 0 Å². The smallest absolute Gasteiger partial charge is 0.296 e. The first-order valence-electron chi connectivity index (χ1n) is 4.82. The molecule has 0 fully saturated rings. The van der Waals surface area contributed by atoms with Crippen molar-refractivity contribution < 1.29 is 9.66 Å². The Morgan fingerprint density at radius 2 is 2.24 bits per heavy atom. The van der Waals surface area contributed by atoms with Crippen molar-refractivity contribution in [1.82, 2.24) is 0 Å². The minimum Gasteiger partial charge on any atom is -0.496 e. The molecule has 0 atom stereocenters. The predicted octanol–water partition coefficient (Wildman–Crippen LogP) is 3.41. The van der Waals surface area contributed by atoms with Crippen LogP contribution in [0.25, 0.3) is 0 Å². The largest absolute Gasteiger partial charge is 0.496 e. The van der Waals surface area contributed by atoms with E-state index in [1.165, 1.54) is 24.5 Å². The fourth-order valence-corrected chi connectivity index (χ4v) is 1.97. The highest BCUT2D eigenvalue weighted by atomic mass is 32.1. The zero-order valence-electron chi connectivity index (χ0n) is 9.04. The van der Waals surface area contributed by atoms with E-state index in [2.05, 4.69) is 5.32 Å². The second-order valence-electron chi connectivity index (χ2n) is 3.28. The fraction of sp³-hybridized carbons (Fsp3) is 0.0909. The summed E-state index contributed by atoms with van der Waals surface area (Å²) in [5.74, 6) is 0.465. The Morgan fingerprint density at radius 1 is 1.41 bits per heavy atom. The number of hydrogen-bond acceptors (Lipinski definition) is 5. The van der Waals surface area contributed by atoms with E-state index in [0.29, 0.717) is 11.4 Å². The van der Waals surface area contributed by atoms with E-state index in [1.54, 1.807) is 12.1 Å². The lowest BCUT2D eigenvalue weighted by atomic mass is 10.2. The third-order valence-electron chi connectivity index (χ3n) is 2.20. The summed E-state index contributed by atoms with van der Waals surface area (Å²) in [6, 6.07) is 6.57. The van der Waals surface area contributed by atoms with Crippen molar-refractivity contribution in [1.29, 1.82) is 0 Å². The molecule has 0 saturated heterocycles. The second-order valence-corrected chi connectivity index (χ2v) is 4.06. The molecule has 5 nitrogen and oxygen atoms in total. The van der Waals surface area contributed by atoms with E-state index in [-0.39, 0.29) is 5.69 Å². The molecule has 0 radical (unpaired) electrons. The number of nitrogens with zero attached hydrogens (tertiary/aromatic N) is 1. The summed E-state index contributed by atoms with van der Waals surface area (Å²) in [7, 11) is 1.48. The number of nitrogens with one attached hydrogen (secondary N) is 1. The Hall–Kier alpha value is -2.08. The summed E-state index contributed by atoms with van der Waals surface area (Å²) in [5, 5.41) is 17.7. The summed E-state index contributed by atoms with van der Waals surface area (Å²) in [4.78, 5) is 10.5. The van der Waals surface area contributed by atoms with E-state index in [4.69, 9.17) is 4.74 Å². The Kier molecular flexibility index (Phi) is 3.24. The molecule has 1 N–H and O–H groups in total. The lowest BCUT2D eigenvalue weighted by molar-refractivity contribution is -0.384. The second kappa shape index (κ2) is 4.84. The average Bonchev–Trinajstić information content (AvgIpc) is 2.82. The zero-order chi connectivity index (χ0) is 12.3. The first kappa shape index (κ1) is 11.4. The van der Waals surface area contributed by atoms with Crippen molar-refractivity contribution >= 4 is 28.4 Å². The molecule has 0 aliphatic carbocycles. The molecule has 0 aliphatic rings. The molecule has 0 bridgehead atoms. The quantitative estimate of drug-likeness (QED) is 0.667. The van der Waals surface area contributed by atoms with Gasteiger partial charge >= 0.3 is 0 Å².